The fraction of sp³-hybridized carbons (Fsp3) is 0.562. The Morgan fingerprint density at radius 2 is 1.78 bits per heavy atom. The minimum atomic E-state index is -3.38. The van der Waals surface area contributed by atoms with Crippen molar-refractivity contribution in [1.82, 2.24) is 8.61 Å². The molecule has 0 unspecified atom stereocenters. The predicted molar refractivity (Wildman–Crippen MR) is 91.4 cm³/mol. The number of benzene rings is 1. The summed E-state index contributed by atoms with van der Waals surface area (Å²) in [6.07, 6.45) is 1.09. The third kappa shape index (κ3) is 4.10. The van der Waals surface area contributed by atoms with E-state index in [0.717, 1.165) is 11.3 Å². The maximum absolute atomic E-state index is 12.4. The Labute approximate surface area is 138 Å². The van der Waals surface area contributed by atoms with E-state index in [-0.39, 0.29) is 11.8 Å². The van der Waals surface area contributed by atoms with Gasteiger partial charge in [0, 0.05) is 38.8 Å². The molecule has 0 saturated carbocycles. The molecule has 1 N–H and O–H groups in total. The van der Waals surface area contributed by atoms with Crippen LogP contribution in [-0.4, -0.2) is 50.1 Å². The molecule has 7 heteroatoms. The molecule has 2 rings (SSSR count). The van der Waals surface area contributed by atoms with E-state index >= 15 is 0 Å². The number of anilines is 1. The van der Waals surface area contributed by atoms with Crippen LogP contribution in [0.3, 0.4) is 0 Å². The van der Waals surface area contributed by atoms with E-state index in [1.807, 2.05) is 32.0 Å². The lowest BCUT2D eigenvalue weighted by atomic mass is 9.97. The van der Waals surface area contributed by atoms with Crippen LogP contribution >= 0.6 is 0 Å². The van der Waals surface area contributed by atoms with Gasteiger partial charge in [-0.2, -0.15) is 17.0 Å². The largest absolute Gasteiger partial charge is 0.326 e. The van der Waals surface area contributed by atoms with E-state index in [1.54, 1.807) is 0 Å². The highest BCUT2D eigenvalue weighted by Crippen LogP contribution is 2.23. The Kier molecular flexibility index (Phi) is 5.44. The summed E-state index contributed by atoms with van der Waals surface area (Å²) in [5.41, 5.74) is 3.11. The highest BCUT2D eigenvalue weighted by molar-refractivity contribution is 7.86. The SMILES string of the molecule is Cc1ccc(NC(=O)C2CCN(S(=O)(=O)N(C)C)CC2)cc1C. The number of carbonyl (C=O) groups is 1. The van der Waals surface area contributed by atoms with Crippen LogP contribution < -0.4 is 5.32 Å². The second-order valence-corrected chi connectivity index (χ2v) is 8.39. The maximum atomic E-state index is 12.4. The van der Waals surface area contributed by atoms with Crippen molar-refractivity contribution in [2.75, 3.05) is 32.5 Å². The molecule has 1 aliphatic heterocycles. The van der Waals surface area contributed by atoms with Gasteiger partial charge in [0.15, 0.2) is 0 Å². The molecule has 1 aliphatic rings. The Bertz CT molecular complexity index is 678. The minimum absolute atomic E-state index is 0.0323. The molecule has 23 heavy (non-hydrogen) atoms. The standard InChI is InChI=1S/C16H25N3O3S/c1-12-5-6-15(11-13(12)2)17-16(20)14-7-9-19(10-8-14)23(21,22)18(3)4/h5-6,11,14H,7-10H2,1-4H3,(H,17,20). The van der Waals surface area contributed by atoms with Crippen molar-refractivity contribution in [1.29, 1.82) is 0 Å². The first-order valence-electron chi connectivity index (χ1n) is 7.77. The van der Waals surface area contributed by atoms with E-state index in [9.17, 15) is 13.2 Å². The van der Waals surface area contributed by atoms with Gasteiger partial charge in [0.25, 0.3) is 10.2 Å². The van der Waals surface area contributed by atoms with Crippen LogP contribution in [0.25, 0.3) is 0 Å². The van der Waals surface area contributed by atoms with Crippen LogP contribution in [0.15, 0.2) is 18.2 Å². The Balaban J connectivity index is 1.95. The molecule has 0 radical (unpaired) electrons. The molecule has 0 bridgehead atoms. The van der Waals surface area contributed by atoms with E-state index in [0.29, 0.717) is 25.9 Å². The summed E-state index contributed by atoms with van der Waals surface area (Å²) in [5.74, 6) is -0.180. The lowest BCUT2D eigenvalue weighted by Crippen LogP contribution is -2.46. The zero-order chi connectivity index (χ0) is 17.2. The minimum Gasteiger partial charge on any atom is -0.326 e. The van der Waals surface area contributed by atoms with Gasteiger partial charge in [0.05, 0.1) is 0 Å². The molecule has 6 nitrogen and oxygen atoms in total. The molecule has 0 aromatic heterocycles. The van der Waals surface area contributed by atoms with Gasteiger partial charge >= 0.3 is 0 Å². The first-order valence-corrected chi connectivity index (χ1v) is 9.17. The fourth-order valence-electron chi connectivity index (χ4n) is 2.64. The number of hydrogen-bond acceptors (Lipinski definition) is 3. The second-order valence-electron chi connectivity index (χ2n) is 6.25. The van der Waals surface area contributed by atoms with Crippen LogP contribution in [0.5, 0.6) is 0 Å². The highest BCUT2D eigenvalue weighted by atomic mass is 32.2. The lowest BCUT2D eigenvalue weighted by molar-refractivity contribution is -0.120. The molecular formula is C16H25N3O3S. The Morgan fingerprint density at radius 1 is 1.17 bits per heavy atom. The normalized spacial score (nSPS) is 17.4. The van der Waals surface area contributed by atoms with Gasteiger partial charge in [-0.15, -0.1) is 0 Å². The summed E-state index contributed by atoms with van der Waals surface area (Å²) >= 11 is 0. The van der Waals surface area contributed by atoms with Crippen LogP contribution in [0.2, 0.25) is 0 Å². The number of nitrogens with one attached hydrogen (secondary N) is 1. The molecule has 1 aromatic rings. The van der Waals surface area contributed by atoms with Crippen molar-refractivity contribution in [2.24, 2.45) is 5.92 Å². The molecular weight excluding hydrogens is 314 g/mol. The van der Waals surface area contributed by atoms with Gasteiger partial charge in [-0.25, -0.2) is 0 Å². The van der Waals surface area contributed by atoms with Crippen LogP contribution in [0.4, 0.5) is 5.69 Å². The first kappa shape index (κ1) is 17.9. The molecule has 0 aliphatic carbocycles. The Hall–Kier alpha value is -1.44. The molecule has 1 heterocycles. The van der Waals surface area contributed by atoms with Crippen molar-refractivity contribution in [3.63, 3.8) is 0 Å². The van der Waals surface area contributed by atoms with Gasteiger partial charge in [-0.1, -0.05) is 6.07 Å². The monoisotopic (exact) mass is 339 g/mol. The molecule has 1 saturated heterocycles. The van der Waals surface area contributed by atoms with Crippen molar-refractivity contribution in [2.45, 2.75) is 26.7 Å². The quantitative estimate of drug-likeness (QED) is 0.909. The van der Waals surface area contributed by atoms with Gasteiger partial charge in [-0.05, 0) is 49.9 Å². The van der Waals surface area contributed by atoms with Gasteiger partial charge in [-0.3, -0.25) is 4.79 Å². The van der Waals surface area contributed by atoms with E-state index in [2.05, 4.69) is 5.32 Å². The summed E-state index contributed by atoms with van der Waals surface area (Å²) in [7, 11) is -0.340. The van der Waals surface area contributed by atoms with Crippen molar-refractivity contribution in [3.8, 4) is 0 Å². The predicted octanol–water partition coefficient (Wildman–Crippen LogP) is 1.76. The van der Waals surface area contributed by atoms with Gasteiger partial charge in [0.2, 0.25) is 5.91 Å². The molecule has 0 spiro atoms. The van der Waals surface area contributed by atoms with Crippen LogP contribution in [0, 0.1) is 19.8 Å². The summed E-state index contributed by atoms with van der Waals surface area (Å²) in [4.78, 5) is 12.4. The van der Waals surface area contributed by atoms with Crippen molar-refractivity contribution in [3.05, 3.63) is 29.3 Å². The number of nitrogens with zero attached hydrogens (tertiary/aromatic N) is 2. The summed E-state index contributed by atoms with van der Waals surface area (Å²) < 4.78 is 26.8. The van der Waals surface area contributed by atoms with E-state index in [1.165, 1.54) is 28.3 Å². The van der Waals surface area contributed by atoms with Crippen LogP contribution in [0.1, 0.15) is 24.0 Å². The molecule has 1 aromatic carbocycles. The van der Waals surface area contributed by atoms with Crippen molar-refractivity contribution < 1.29 is 13.2 Å². The molecule has 1 fully saturated rings. The maximum Gasteiger partial charge on any atom is 0.281 e. The summed E-state index contributed by atoms with van der Waals surface area (Å²) in [6, 6.07) is 5.84. The third-order valence-electron chi connectivity index (χ3n) is 4.39. The molecule has 128 valence electrons. The zero-order valence-corrected chi connectivity index (χ0v) is 15.0. The average molecular weight is 339 g/mol. The zero-order valence-electron chi connectivity index (χ0n) is 14.2. The first-order chi connectivity index (χ1) is 10.7. The summed E-state index contributed by atoms with van der Waals surface area (Å²) in [5, 5.41) is 2.94. The number of aryl methyl sites for hydroxylation is 2. The Morgan fingerprint density at radius 3 is 2.30 bits per heavy atom. The smallest absolute Gasteiger partial charge is 0.281 e. The lowest BCUT2D eigenvalue weighted by Gasteiger charge is -2.32. The number of hydrogen-bond donors (Lipinski definition) is 1. The average Bonchev–Trinajstić information content (AvgIpc) is 2.51. The van der Waals surface area contributed by atoms with Crippen molar-refractivity contribution >= 4 is 21.8 Å². The molecule has 0 atom stereocenters. The number of amides is 1. The van der Waals surface area contributed by atoms with Crippen LogP contribution in [-0.2, 0) is 15.0 Å². The molecule has 1 amide bonds. The van der Waals surface area contributed by atoms with Gasteiger partial charge in [0.1, 0.15) is 0 Å². The van der Waals surface area contributed by atoms with E-state index in [4.69, 9.17) is 0 Å². The topological polar surface area (TPSA) is 69.7 Å². The fourth-order valence-corrected chi connectivity index (χ4v) is 3.78. The number of rotatable bonds is 4. The van der Waals surface area contributed by atoms with Gasteiger partial charge < -0.3 is 5.32 Å². The number of carbonyl (C=O) groups excluding carboxylic acids is 1. The number of piperidine rings is 1. The second kappa shape index (κ2) is 6.98. The summed E-state index contributed by atoms with van der Waals surface area (Å²) in [6.45, 7) is 4.80. The third-order valence-corrected chi connectivity index (χ3v) is 6.33. The highest BCUT2D eigenvalue weighted by Gasteiger charge is 2.32. The van der Waals surface area contributed by atoms with E-state index < -0.39 is 10.2 Å².